The summed E-state index contributed by atoms with van der Waals surface area (Å²) in [6.07, 6.45) is -1.22. The average Bonchev–Trinajstić information content (AvgIpc) is 3.35. The third kappa shape index (κ3) is 8.61. The number of amides is 1. The smallest absolute Gasteiger partial charge is 0.383 e. The quantitative estimate of drug-likeness (QED) is 0.251. The topological polar surface area (TPSA) is 95.2 Å². The van der Waals surface area contributed by atoms with Gasteiger partial charge in [0.25, 0.3) is 0 Å². The Balaban J connectivity index is 1.71. The van der Waals surface area contributed by atoms with E-state index in [0.717, 1.165) is 11.6 Å². The number of carbonyl (C=O) groups excluding carboxylic acids is 1. The summed E-state index contributed by atoms with van der Waals surface area (Å²) in [6.45, 7) is 3.17. The van der Waals surface area contributed by atoms with E-state index in [4.69, 9.17) is 22.2 Å². The molecular formula is C28H31F3N6O2S. The van der Waals surface area contributed by atoms with Gasteiger partial charge in [0, 0.05) is 51.2 Å². The number of halogens is 3. The van der Waals surface area contributed by atoms with E-state index < -0.39 is 17.8 Å². The minimum absolute atomic E-state index is 0.00360. The summed E-state index contributed by atoms with van der Waals surface area (Å²) in [5.41, 5.74) is 1.58. The zero-order valence-electron chi connectivity index (χ0n) is 22.2. The Hall–Kier alpha value is -3.79. The van der Waals surface area contributed by atoms with Gasteiger partial charge in [-0.2, -0.15) is 18.4 Å². The normalized spacial score (nSPS) is 12.0. The summed E-state index contributed by atoms with van der Waals surface area (Å²) in [5.74, 6) is -0.290. The van der Waals surface area contributed by atoms with Gasteiger partial charge in [0.2, 0.25) is 5.91 Å². The van der Waals surface area contributed by atoms with Gasteiger partial charge in [-0.3, -0.25) is 9.69 Å². The van der Waals surface area contributed by atoms with E-state index in [-0.39, 0.29) is 36.1 Å². The zero-order chi connectivity index (χ0) is 29.1. The monoisotopic (exact) mass is 572 g/mol. The molecule has 0 radical (unpaired) electrons. The molecule has 8 nitrogen and oxygen atoms in total. The molecule has 0 saturated carbocycles. The number of imidazole rings is 1. The molecule has 0 saturated heterocycles. The van der Waals surface area contributed by atoms with Crippen molar-refractivity contribution in [3.05, 3.63) is 89.0 Å². The lowest BCUT2D eigenvalue weighted by molar-refractivity contribution is -0.138. The maximum Gasteiger partial charge on any atom is 0.416 e. The number of carbonyl (C=O) groups is 1. The number of nitriles is 1. The van der Waals surface area contributed by atoms with Gasteiger partial charge < -0.3 is 19.9 Å². The first-order valence-electron chi connectivity index (χ1n) is 12.6. The van der Waals surface area contributed by atoms with Crippen molar-refractivity contribution in [2.24, 2.45) is 0 Å². The number of hydrogen-bond acceptors (Lipinski definition) is 6. The van der Waals surface area contributed by atoms with Gasteiger partial charge in [0.05, 0.1) is 36.6 Å². The summed E-state index contributed by atoms with van der Waals surface area (Å²) in [7, 11) is 1.55. The Bertz CT molecular complexity index is 1320. The van der Waals surface area contributed by atoms with Crippen molar-refractivity contribution in [3.8, 4) is 6.07 Å². The number of thiocarbonyl (C=S) groups is 1. The van der Waals surface area contributed by atoms with Crippen molar-refractivity contribution >= 4 is 23.2 Å². The largest absolute Gasteiger partial charge is 0.416 e. The Labute approximate surface area is 236 Å². The molecule has 12 heteroatoms. The first-order chi connectivity index (χ1) is 19.1. The Kier molecular flexibility index (Phi) is 11.2. The minimum atomic E-state index is -4.46. The van der Waals surface area contributed by atoms with Gasteiger partial charge in [0.15, 0.2) is 5.11 Å². The van der Waals surface area contributed by atoms with Gasteiger partial charge >= 0.3 is 6.18 Å². The zero-order valence-corrected chi connectivity index (χ0v) is 23.1. The van der Waals surface area contributed by atoms with E-state index in [1.165, 1.54) is 17.0 Å². The van der Waals surface area contributed by atoms with E-state index >= 15 is 0 Å². The number of hydrogen-bond donors (Lipinski definition) is 2. The van der Waals surface area contributed by atoms with Crippen molar-refractivity contribution in [3.63, 3.8) is 0 Å². The molecule has 3 rings (SSSR count). The van der Waals surface area contributed by atoms with Crippen LogP contribution in [0, 0.1) is 11.3 Å². The molecular weight excluding hydrogens is 541 g/mol. The molecule has 0 unspecified atom stereocenters. The van der Waals surface area contributed by atoms with Gasteiger partial charge in [-0.15, -0.1) is 0 Å². The van der Waals surface area contributed by atoms with Crippen molar-refractivity contribution in [1.82, 2.24) is 25.1 Å². The van der Waals surface area contributed by atoms with E-state index in [2.05, 4.69) is 21.7 Å². The van der Waals surface area contributed by atoms with Crippen LogP contribution in [-0.2, 0) is 35.2 Å². The third-order valence-electron chi connectivity index (χ3n) is 6.16. The molecule has 1 aromatic heterocycles. The number of ether oxygens (including phenoxy) is 1. The van der Waals surface area contributed by atoms with Crippen molar-refractivity contribution in [1.29, 1.82) is 5.26 Å². The van der Waals surface area contributed by atoms with Gasteiger partial charge in [0.1, 0.15) is 0 Å². The maximum absolute atomic E-state index is 13.5. The van der Waals surface area contributed by atoms with Crippen LogP contribution in [0.4, 0.5) is 13.2 Å². The maximum atomic E-state index is 13.5. The second-order valence-corrected chi connectivity index (χ2v) is 9.51. The number of nitrogens with zero attached hydrogens (tertiary/aromatic N) is 4. The molecule has 0 aliphatic carbocycles. The van der Waals surface area contributed by atoms with Crippen LogP contribution in [0.25, 0.3) is 0 Å². The van der Waals surface area contributed by atoms with E-state index in [1.54, 1.807) is 44.8 Å². The predicted octanol–water partition coefficient (Wildman–Crippen LogP) is 3.89. The summed E-state index contributed by atoms with van der Waals surface area (Å²) in [6, 6.07) is 14.1. The highest BCUT2D eigenvalue weighted by atomic mass is 32.1. The lowest BCUT2D eigenvalue weighted by Crippen LogP contribution is -2.52. The number of methoxy groups -OCH3 is 1. The fraction of sp³-hybridized carbons (Fsp3) is 0.357. The molecule has 3 aromatic rings. The van der Waals surface area contributed by atoms with E-state index in [9.17, 15) is 18.0 Å². The molecule has 0 aliphatic rings. The Morgan fingerprint density at radius 1 is 1.23 bits per heavy atom. The molecule has 2 N–H and O–H groups in total. The second-order valence-electron chi connectivity index (χ2n) is 9.12. The molecule has 0 fully saturated rings. The van der Waals surface area contributed by atoms with Crippen LogP contribution in [-0.4, -0.2) is 58.3 Å². The molecule has 40 heavy (non-hydrogen) atoms. The SMILES string of the molecule is COCCNC(=S)N(C(=O)Cc1cncn1Cc1ccc(C#N)cc1)[C@@H](C)CNCc1ccccc1C(F)(F)F. The standard InChI is InChI=1S/C28H31F3N6O2S/c1-20(15-33-16-23-5-3-4-6-25(23)28(29,30)31)37(27(40)35-11-12-39-2)26(38)13-24-17-34-19-36(24)18-22-9-7-21(14-32)8-10-22/h3-10,17,19-20,33H,11-13,15-16,18H2,1-2H3,(H,35,40)/t20-/m0/s1. The Morgan fingerprint density at radius 3 is 2.62 bits per heavy atom. The van der Waals surface area contributed by atoms with Crippen LogP contribution in [0.1, 0.15) is 34.9 Å². The molecule has 2 aromatic carbocycles. The average molecular weight is 573 g/mol. The summed E-state index contributed by atoms with van der Waals surface area (Å²) < 4.78 is 47.0. The van der Waals surface area contributed by atoms with Gasteiger partial charge in [-0.1, -0.05) is 30.3 Å². The highest BCUT2D eigenvalue weighted by Crippen LogP contribution is 2.31. The molecule has 0 spiro atoms. The van der Waals surface area contributed by atoms with Crippen LogP contribution in [0.5, 0.6) is 0 Å². The predicted molar refractivity (Wildman–Crippen MR) is 148 cm³/mol. The highest BCUT2D eigenvalue weighted by Gasteiger charge is 2.33. The molecule has 1 amide bonds. The summed E-state index contributed by atoms with van der Waals surface area (Å²) in [5, 5.41) is 15.3. The molecule has 1 heterocycles. The third-order valence-corrected chi connectivity index (χ3v) is 6.50. The fourth-order valence-corrected chi connectivity index (χ4v) is 4.51. The van der Waals surface area contributed by atoms with Gasteiger partial charge in [-0.05, 0) is 48.5 Å². The second kappa shape index (κ2) is 14.6. The Morgan fingerprint density at radius 2 is 1.95 bits per heavy atom. The van der Waals surface area contributed by atoms with Crippen LogP contribution >= 0.6 is 12.2 Å². The van der Waals surface area contributed by atoms with Crippen LogP contribution in [0.2, 0.25) is 0 Å². The van der Waals surface area contributed by atoms with E-state index in [0.29, 0.717) is 31.0 Å². The fourth-order valence-electron chi connectivity index (χ4n) is 4.12. The number of nitrogens with one attached hydrogen (secondary N) is 2. The van der Waals surface area contributed by atoms with Gasteiger partial charge in [-0.25, -0.2) is 4.98 Å². The minimum Gasteiger partial charge on any atom is -0.383 e. The van der Waals surface area contributed by atoms with Crippen LogP contribution in [0.15, 0.2) is 61.1 Å². The first kappa shape index (κ1) is 30.7. The first-order valence-corrected chi connectivity index (χ1v) is 13.0. The number of alkyl halides is 3. The van der Waals surface area contributed by atoms with E-state index in [1.807, 2.05) is 16.7 Å². The van der Waals surface area contributed by atoms with Crippen LogP contribution in [0.3, 0.4) is 0 Å². The van der Waals surface area contributed by atoms with Crippen LogP contribution < -0.4 is 10.6 Å². The number of benzene rings is 2. The number of aromatic nitrogens is 2. The highest BCUT2D eigenvalue weighted by molar-refractivity contribution is 7.80. The van der Waals surface area contributed by atoms with Crippen molar-refractivity contribution in [2.45, 2.75) is 38.7 Å². The summed E-state index contributed by atoms with van der Waals surface area (Å²) in [4.78, 5) is 19.2. The lowest BCUT2D eigenvalue weighted by atomic mass is 10.1. The molecule has 212 valence electrons. The van der Waals surface area contributed by atoms with Crippen molar-refractivity contribution in [2.75, 3.05) is 26.8 Å². The summed E-state index contributed by atoms with van der Waals surface area (Å²) >= 11 is 5.53. The number of rotatable bonds is 12. The lowest BCUT2D eigenvalue weighted by Gasteiger charge is -2.30. The molecule has 1 atom stereocenters. The molecule has 0 aliphatic heterocycles. The van der Waals surface area contributed by atoms with Crippen molar-refractivity contribution < 1.29 is 22.7 Å². The molecule has 0 bridgehead atoms.